The molecular formula is C18H20O4. The third kappa shape index (κ3) is 2.92. The van der Waals surface area contributed by atoms with Crippen LogP contribution in [0.15, 0.2) is 34.8 Å². The summed E-state index contributed by atoms with van der Waals surface area (Å²) in [6, 6.07) is 7.83. The average Bonchev–Trinajstić information content (AvgIpc) is 2.86. The zero-order valence-corrected chi connectivity index (χ0v) is 12.9. The number of rotatable bonds is 5. The van der Waals surface area contributed by atoms with Crippen LogP contribution >= 0.6 is 0 Å². The Hall–Kier alpha value is -2.07. The Bertz CT molecular complexity index is 707. The van der Waals surface area contributed by atoms with E-state index in [1.807, 2.05) is 38.1 Å². The standard InChI is InChI=1S/C18H20O4/c1-3-15-14(13-6-4-5-7-16(13)22-15)8-9-17(19)21-12-18(2)10-20-11-18/h4-9H,3,10-12H2,1-2H3/b9-8+. The van der Waals surface area contributed by atoms with Crippen LogP contribution in [-0.4, -0.2) is 25.8 Å². The number of hydrogen-bond acceptors (Lipinski definition) is 4. The third-order valence-electron chi connectivity index (χ3n) is 3.88. The van der Waals surface area contributed by atoms with E-state index in [0.717, 1.165) is 28.7 Å². The Morgan fingerprint density at radius 3 is 2.82 bits per heavy atom. The number of fused-ring (bicyclic) bond motifs is 1. The molecule has 22 heavy (non-hydrogen) atoms. The number of hydrogen-bond donors (Lipinski definition) is 0. The Balaban J connectivity index is 1.73. The molecule has 0 saturated carbocycles. The first-order chi connectivity index (χ1) is 10.6. The van der Waals surface area contributed by atoms with Gasteiger partial charge in [-0.15, -0.1) is 0 Å². The highest BCUT2D eigenvalue weighted by Crippen LogP contribution is 2.28. The Labute approximate surface area is 129 Å². The molecule has 1 aromatic carbocycles. The summed E-state index contributed by atoms with van der Waals surface area (Å²) in [4.78, 5) is 11.9. The summed E-state index contributed by atoms with van der Waals surface area (Å²) in [6.07, 6.45) is 4.03. The summed E-state index contributed by atoms with van der Waals surface area (Å²) in [7, 11) is 0. The first-order valence-corrected chi connectivity index (χ1v) is 7.54. The van der Waals surface area contributed by atoms with Crippen molar-refractivity contribution in [3.63, 3.8) is 0 Å². The smallest absolute Gasteiger partial charge is 0.330 e. The van der Waals surface area contributed by atoms with E-state index in [1.165, 1.54) is 6.08 Å². The first-order valence-electron chi connectivity index (χ1n) is 7.54. The molecule has 116 valence electrons. The van der Waals surface area contributed by atoms with E-state index in [0.29, 0.717) is 19.8 Å². The van der Waals surface area contributed by atoms with Gasteiger partial charge in [0.15, 0.2) is 0 Å². The lowest BCUT2D eigenvalue weighted by Crippen LogP contribution is -2.43. The van der Waals surface area contributed by atoms with Gasteiger partial charge in [0.1, 0.15) is 18.0 Å². The van der Waals surface area contributed by atoms with Crippen molar-refractivity contribution in [2.24, 2.45) is 5.41 Å². The number of aryl methyl sites for hydroxylation is 1. The van der Waals surface area contributed by atoms with Crippen LogP contribution in [0.4, 0.5) is 0 Å². The largest absolute Gasteiger partial charge is 0.462 e. The third-order valence-corrected chi connectivity index (χ3v) is 3.88. The van der Waals surface area contributed by atoms with Crippen molar-refractivity contribution in [3.8, 4) is 0 Å². The molecule has 0 radical (unpaired) electrons. The lowest BCUT2D eigenvalue weighted by Gasteiger charge is -2.36. The van der Waals surface area contributed by atoms with Gasteiger partial charge in [-0.05, 0) is 12.1 Å². The van der Waals surface area contributed by atoms with Gasteiger partial charge in [-0.3, -0.25) is 0 Å². The zero-order valence-electron chi connectivity index (χ0n) is 12.9. The van der Waals surface area contributed by atoms with E-state index in [1.54, 1.807) is 6.08 Å². The first kappa shape index (κ1) is 14.9. The molecule has 0 atom stereocenters. The number of furan rings is 1. The van der Waals surface area contributed by atoms with Crippen LogP contribution in [-0.2, 0) is 20.7 Å². The van der Waals surface area contributed by atoms with Crippen molar-refractivity contribution in [2.75, 3.05) is 19.8 Å². The highest BCUT2D eigenvalue weighted by molar-refractivity contribution is 5.94. The quantitative estimate of drug-likeness (QED) is 0.625. The highest BCUT2D eigenvalue weighted by atomic mass is 16.5. The summed E-state index contributed by atoms with van der Waals surface area (Å²) in [5, 5.41) is 1.02. The average molecular weight is 300 g/mol. The molecule has 2 aromatic rings. The van der Waals surface area contributed by atoms with E-state index in [9.17, 15) is 4.79 Å². The minimum Gasteiger partial charge on any atom is -0.462 e. The molecule has 0 spiro atoms. The minimum absolute atomic E-state index is 0.0274. The van der Waals surface area contributed by atoms with Crippen molar-refractivity contribution in [1.29, 1.82) is 0 Å². The summed E-state index contributed by atoms with van der Waals surface area (Å²) >= 11 is 0. The zero-order chi connectivity index (χ0) is 15.6. The molecule has 2 heterocycles. The summed E-state index contributed by atoms with van der Waals surface area (Å²) < 4.78 is 16.2. The molecular weight excluding hydrogens is 280 g/mol. The van der Waals surface area contributed by atoms with Crippen LogP contribution in [0, 0.1) is 5.41 Å². The van der Waals surface area contributed by atoms with E-state index in [4.69, 9.17) is 13.9 Å². The number of para-hydroxylation sites is 1. The minimum atomic E-state index is -0.333. The molecule has 1 saturated heterocycles. The van der Waals surface area contributed by atoms with Crippen molar-refractivity contribution in [1.82, 2.24) is 0 Å². The molecule has 4 heteroatoms. The predicted octanol–water partition coefficient (Wildman–Crippen LogP) is 3.59. The number of esters is 1. The van der Waals surface area contributed by atoms with Crippen molar-refractivity contribution < 1.29 is 18.7 Å². The predicted molar refractivity (Wildman–Crippen MR) is 84.5 cm³/mol. The lowest BCUT2D eigenvalue weighted by molar-refractivity contribution is -0.160. The second-order valence-corrected chi connectivity index (χ2v) is 6.03. The van der Waals surface area contributed by atoms with Gasteiger partial charge >= 0.3 is 5.97 Å². The fourth-order valence-corrected chi connectivity index (χ4v) is 2.54. The molecule has 0 N–H and O–H groups in total. The second kappa shape index (κ2) is 5.97. The normalized spacial score (nSPS) is 16.8. The van der Waals surface area contributed by atoms with Crippen LogP contribution in [0.5, 0.6) is 0 Å². The van der Waals surface area contributed by atoms with Gasteiger partial charge in [0.05, 0.1) is 13.2 Å². The topological polar surface area (TPSA) is 48.7 Å². The van der Waals surface area contributed by atoms with E-state index in [2.05, 4.69) is 0 Å². The maximum Gasteiger partial charge on any atom is 0.330 e. The Morgan fingerprint density at radius 2 is 2.14 bits per heavy atom. The SMILES string of the molecule is CCc1oc2ccccc2c1/C=C/C(=O)OCC1(C)COC1. The molecule has 3 rings (SSSR count). The maximum atomic E-state index is 11.9. The van der Waals surface area contributed by atoms with Crippen LogP contribution < -0.4 is 0 Å². The molecule has 1 aromatic heterocycles. The monoisotopic (exact) mass is 300 g/mol. The number of carbonyl (C=O) groups excluding carboxylic acids is 1. The fourth-order valence-electron chi connectivity index (χ4n) is 2.54. The van der Waals surface area contributed by atoms with Gasteiger partial charge < -0.3 is 13.9 Å². The summed E-state index contributed by atoms with van der Waals surface area (Å²) in [6.45, 7) is 5.77. The summed E-state index contributed by atoms with van der Waals surface area (Å²) in [5.41, 5.74) is 1.76. The highest BCUT2D eigenvalue weighted by Gasteiger charge is 2.34. The molecule has 0 aliphatic carbocycles. The van der Waals surface area contributed by atoms with Crippen LogP contribution in [0.2, 0.25) is 0 Å². The van der Waals surface area contributed by atoms with Crippen molar-refractivity contribution >= 4 is 23.0 Å². The fraction of sp³-hybridized carbons (Fsp3) is 0.389. The Morgan fingerprint density at radius 1 is 1.36 bits per heavy atom. The van der Waals surface area contributed by atoms with E-state index < -0.39 is 0 Å². The van der Waals surface area contributed by atoms with E-state index >= 15 is 0 Å². The molecule has 0 bridgehead atoms. The van der Waals surface area contributed by atoms with Gasteiger partial charge in [-0.25, -0.2) is 4.79 Å². The molecule has 1 fully saturated rings. The number of benzene rings is 1. The Kier molecular flexibility index (Phi) is 4.03. The van der Waals surface area contributed by atoms with Crippen LogP contribution in [0.3, 0.4) is 0 Å². The van der Waals surface area contributed by atoms with Crippen LogP contribution in [0.1, 0.15) is 25.2 Å². The molecule has 0 unspecified atom stereocenters. The van der Waals surface area contributed by atoms with Gasteiger partial charge in [0.2, 0.25) is 0 Å². The van der Waals surface area contributed by atoms with E-state index in [-0.39, 0.29) is 11.4 Å². The van der Waals surface area contributed by atoms with Crippen LogP contribution in [0.25, 0.3) is 17.0 Å². The van der Waals surface area contributed by atoms with Crippen molar-refractivity contribution in [3.05, 3.63) is 41.7 Å². The summed E-state index contributed by atoms with van der Waals surface area (Å²) in [5.74, 6) is 0.546. The van der Waals surface area contributed by atoms with Crippen molar-refractivity contribution in [2.45, 2.75) is 20.3 Å². The number of ether oxygens (including phenoxy) is 2. The molecule has 1 aliphatic heterocycles. The van der Waals surface area contributed by atoms with Gasteiger partial charge in [0, 0.05) is 28.9 Å². The number of carbonyl (C=O) groups is 1. The molecule has 1 aliphatic rings. The van der Waals surface area contributed by atoms with Gasteiger partial charge in [-0.2, -0.15) is 0 Å². The second-order valence-electron chi connectivity index (χ2n) is 6.03. The maximum absolute atomic E-state index is 11.9. The van der Waals surface area contributed by atoms with Gasteiger partial charge in [-0.1, -0.05) is 32.0 Å². The molecule has 0 amide bonds. The lowest BCUT2D eigenvalue weighted by atomic mass is 9.90. The van der Waals surface area contributed by atoms with Gasteiger partial charge in [0.25, 0.3) is 0 Å². The molecule has 4 nitrogen and oxygen atoms in total.